The van der Waals surface area contributed by atoms with E-state index in [1.54, 1.807) is 0 Å². The number of amides is 1. The monoisotopic (exact) mass is 289 g/mol. The van der Waals surface area contributed by atoms with E-state index in [1.807, 2.05) is 19.1 Å². The third-order valence-electron chi connectivity index (χ3n) is 3.00. The highest BCUT2D eigenvalue weighted by Crippen LogP contribution is 2.10. The summed E-state index contributed by atoms with van der Waals surface area (Å²) in [7, 11) is 0. The van der Waals surface area contributed by atoms with Crippen molar-refractivity contribution in [1.29, 1.82) is 0 Å². The first-order valence-corrected chi connectivity index (χ1v) is 6.77. The molecular formula is C15H16ClN3O. The van der Waals surface area contributed by atoms with Gasteiger partial charge in [-0.2, -0.15) is 0 Å². The normalized spacial score (nSPS) is 11.9. The SMILES string of the molecule is Cc1ccccc1CC(C)NC(=O)c1cncc(Cl)n1. The van der Waals surface area contributed by atoms with Crippen LogP contribution in [-0.2, 0) is 6.42 Å². The van der Waals surface area contributed by atoms with Crippen molar-refractivity contribution < 1.29 is 4.79 Å². The van der Waals surface area contributed by atoms with E-state index in [2.05, 4.69) is 34.3 Å². The average molecular weight is 290 g/mol. The number of halogens is 1. The first kappa shape index (κ1) is 14.5. The van der Waals surface area contributed by atoms with Crippen LogP contribution >= 0.6 is 11.6 Å². The van der Waals surface area contributed by atoms with Crippen LogP contribution in [0.1, 0.15) is 28.5 Å². The maximum absolute atomic E-state index is 12.0. The molecule has 1 amide bonds. The van der Waals surface area contributed by atoms with Gasteiger partial charge in [0.2, 0.25) is 0 Å². The zero-order chi connectivity index (χ0) is 14.5. The lowest BCUT2D eigenvalue weighted by Crippen LogP contribution is -2.34. The molecule has 4 nitrogen and oxygen atoms in total. The lowest BCUT2D eigenvalue weighted by Gasteiger charge is -2.15. The van der Waals surface area contributed by atoms with Crippen LogP contribution in [-0.4, -0.2) is 21.9 Å². The van der Waals surface area contributed by atoms with Crippen LogP contribution in [0.15, 0.2) is 36.7 Å². The van der Waals surface area contributed by atoms with Crippen LogP contribution in [0.25, 0.3) is 0 Å². The lowest BCUT2D eigenvalue weighted by molar-refractivity contribution is 0.0934. The zero-order valence-electron chi connectivity index (χ0n) is 11.4. The summed E-state index contributed by atoms with van der Waals surface area (Å²) in [5.41, 5.74) is 2.67. The molecule has 0 spiro atoms. The topological polar surface area (TPSA) is 54.9 Å². The number of nitrogens with zero attached hydrogens (tertiary/aromatic N) is 2. The van der Waals surface area contributed by atoms with E-state index >= 15 is 0 Å². The molecule has 1 unspecified atom stereocenters. The van der Waals surface area contributed by atoms with Crippen molar-refractivity contribution in [3.05, 3.63) is 58.6 Å². The molecule has 0 fully saturated rings. The minimum absolute atomic E-state index is 0.00406. The Balaban J connectivity index is 2.00. The summed E-state index contributed by atoms with van der Waals surface area (Å²) < 4.78 is 0. The van der Waals surface area contributed by atoms with Crippen LogP contribution in [0.4, 0.5) is 0 Å². The summed E-state index contributed by atoms with van der Waals surface area (Å²) in [5, 5.41) is 3.11. The second-order valence-electron chi connectivity index (χ2n) is 4.73. The molecule has 0 saturated carbocycles. The van der Waals surface area contributed by atoms with Gasteiger partial charge in [-0.05, 0) is 31.4 Å². The number of rotatable bonds is 4. The molecule has 0 aliphatic rings. The average Bonchev–Trinajstić information content (AvgIpc) is 2.41. The number of hydrogen-bond donors (Lipinski definition) is 1. The predicted octanol–water partition coefficient (Wildman–Crippen LogP) is 2.80. The number of aryl methyl sites for hydroxylation is 1. The summed E-state index contributed by atoms with van der Waals surface area (Å²) >= 11 is 5.72. The molecule has 2 rings (SSSR count). The number of carbonyl (C=O) groups is 1. The first-order chi connectivity index (χ1) is 9.56. The van der Waals surface area contributed by atoms with Gasteiger partial charge in [0.15, 0.2) is 0 Å². The highest BCUT2D eigenvalue weighted by atomic mass is 35.5. The molecule has 0 radical (unpaired) electrons. The number of nitrogens with one attached hydrogen (secondary N) is 1. The molecular weight excluding hydrogens is 274 g/mol. The van der Waals surface area contributed by atoms with Gasteiger partial charge in [0.25, 0.3) is 5.91 Å². The van der Waals surface area contributed by atoms with E-state index in [0.717, 1.165) is 6.42 Å². The molecule has 0 aliphatic carbocycles. The summed E-state index contributed by atoms with van der Waals surface area (Å²) in [4.78, 5) is 19.8. The fourth-order valence-corrected chi connectivity index (χ4v) is 2.12. The number of carbonyl (C=O) groups excluding carboxylic acids is 1. The molecule has 1 aromatic heterocycles. The fourth-order valence-electron chi connectivity index (χ4n) is 1.97. The van der Waals surface area contributed by atoms with Crippen LogP contribution in [0.3, 0.4) is 0 Å². The Hall–Kier alpha value is -1.94. The Kier molecular flexibility index (Phi) is 4.69. The highest BCUT2D eigenvalue weighted by molar-refractivity contribution is 6.29. The van der Waals surface area contributed by atoms with E-state index < -0.39 is 0 Å². The largest absolute Gasteiger partial charge is 0.348 e. The van der Waals surface area contributed by atoms with Gasteiger partial charge in [-0.25, -0.2) is 4.98 Å². The number of benzene rings is 1. The van der Waals surface area contributed by atoms with Gasteiger partial charge in [-0.3, -0.25) is 9.78 Å². The van der Waals surface area contributed by atoms with Crippen molar-refractivity contribution in [1.82, 2.24) is 15.3 Å². The third kappa shape index (κ3) is 3.78. The zero-order valence-corrected chi connectivity index (χ0v) is 12.2. The van der Waals surface area contributed by atoms with Crippen molar-refractivity contribution >= 4 is 17.5 Å². The van der Waals surface area contributed by atoms with Crippen molar-refractivity contribution in [3.8, 4) is 0 Å². The number of hydrogen-bond acceptors (Lipinski definition) is 3. The van der Waals surface area contributed by atoms with Gasteiger partial charge >= 0.3 is 0 Å². The first-order valence-electron chi connectivity index (χ1n) is 6.39. The molecule has 1 aromatic carbocycles. The van der Waals surface area contributed by atoms with Gasteiger partial charge < -0.3 is 5.32 Å². The summed E-state index contributed by atoms with van der Waals surface area (Å²) in [6.07, 6.45) is 3.57. The van der Waals surface area contributed by atoms with Crippen molar-refractivity contribution in [2.45, 2.75) is 26.3 Å². The summed E-state index contributed by atoms with van der Waals surface area (Å²) in [5.74, 6) is -0.263. The van der Waals surface area contributed by atoms with Gasteiger partial charge in [0.1, 0.15) is 10.8 Å². The van der Waals surface area contributed by atoms with E-state index in [0.29, 0.717) is 0 Å². The van der Waals surface area contributed by atoms with Crippen molar-refractivity contribution in [2.75, 3.05) is 0 Å². The molecule has 104 valence electrons. The van der Waals surface area contributed by atoms with E-state index in [1.165, 1.54) is 23.5 Å². The molecule has 0 aliphatic heterocycles. The van der Waals surface area contributed by atoms with Crippen molar-refractivity contribution in [2.24, 2.45) is 0 Å². The van der Waals surface area contributed by atoms with Crippen LogP contribution in [0, 0.1) is 6.92 Å². The molecule has 20 heavy (non-hydrogen) atoms. The third-order valence-corrected chi connectivity index (χ3v) is 3.18. The van der Waals surface area contributed by atoms with Gasteiger partial charge in [0.05, 0.1) is 12.4 Å². The predicted molar refractivity (Wildman–Crippen MR) is 78.9 cm³/mol. The smallest absolute Gasteiger partial charge is 0.271 e. The molecule has 1 atom stereocenters. The van der Waals surface area contributed by atoms with Crippen LogP contribution in [0.5, 0.6) is 0 Å². The second kappa shape index (κ2) is 6.48. The highest BCUT2D eigenvalue weighted by Gasteiger charge is 2.13. The minimum atomic E-state index is -0.263. The van der Waals surface area contributed by atoms with Crippen LogP contribution in [0.2, 0.25) is 5.15 Å². The maximum Gasteiger partial charge on any atom is 0.271 e. The standard InChI is InChI=1S/C15H16ClN3O/c1-10-5-3-4-6-12(10)7-11(2)18-15(20)13-8-17-9-14(16)19-13/h3-6,8-9,11H,7H2,1-2H3,(H,18,20). The molecule has 0 saturated heterocycles. The fraction of sp³-hybridized carbons (Fsp3) is 0.267. The Morgan fingerprint density at radius 2 is 2.10 bits per heavy atom. The van der Waals surface area contributed by atoms with Crippen LogP contribution < -0.4 is 5.32 Å². The van der Waals surface area contributed by atoms with E-state index in [4.69, 9.17) is 11.6 Å². The summed E-state index contributed by atoms with van der Waals surface area (Å²) in [6.45, 7) is 4.02. The lowest BCUT2D eigenvalue weighted by atomic mass is 10.0. The van der Waals surface area contributed by atoms with E-state index in [9.17, 15) is 4.79 Å². The molecule has 2 aromatic rings. The molecule has 1 heterocycles. The summed E-state index contributed by atoms with van der Waals surface area (Å²) in [6, 6.07) is 8.14. The number of aromatic nitrogens is 2. The van der Waals surface area contributed by atoms with Crippen molar-refractivity contribution in [3.63, 3.8) is 0 Å². The van der Waals surface area contributed by atoms with Gasteiger partial charge in [-0.1, -0.05) is 35.9 Å². The second-order valence-corrected chi connectivity index (χ2v) is 5.12. The Labute approximate surface area is 123 Å². The Morgan fingerprint density at radius 3 is 2.80 bits per heavy atom. The van der Waals surface area contributed by atoms with Gasteiger partial charge in [0, 0.05) is 6.04 Å². The minimum Gasteiger partial charge on any atom is -0.348 e. The van der Waals surface area contributed by atoms with Gasteiger partial charge in [-0.15, -0.1) is 0 Å². The molecule has 1 N–H and O–H groups in total. The molecule has 0 bridgehead atoms. The molecule has 5 heteroatoms. The maximum atomic E-state index is 12.0. The van der Waals surface area contributed by atoms with E-state index in [-0.39, 0.29) is 22.8 Å². The quantitative estimate of drug-likeness (QED) is 0.941. The Morgan fingerprint density at radius 1 is 1.35 bits per heavy atom. The Bertz CT molecular complexity index is 616.